The molecule has 3 heterocycles. The largest absolute Gasteiger partial charge is 0.481 e. The number of piperidine rings is 1. The summed E-state index contributed by atoms with van der Waals surface area (Å²) in [5.41, 5.74) is 1.72. The van der Waals surface area contributed by atoms with Crippen LogP contribution < -0.4 is 4.90 Å². The van der Waals surface area contributed by atoms with Crippen molar-refractivity contribution in [2.24, 2.45) is 5.92 Å². The summed E-state index contributed by atoms with van der Waals surface area (Å²) in [6.07, 6.45) is 6.08. The maximum atomic E-state index is 11.0. The standard InChI is InChI=1S/C14H15N3O3/c18-14(19)10-1-4-17(5-2-10)13-7-12(15-9-16-13)11-3-6-20-8-11/h3,6-10H,1-2,4-5H2,(H,18,19). The van der Waals surface area contributed by atoms with E-state index in [1.54, 1.807) is 12.5 Å². The first kappa shape index (κ1) is 12.7. The van der Waals surface area contributed by atoms with Gasteiger partial charge in [0.1, 0.15) is 12.1 Å². The number of nitrogens with zero attached hydrogens (tertiary/aromatic N) is 3. The first-order valence-electron chi connectivity index (χ1n) is 6.56. The van der Waals surface area contributed by atoms with Crippen molar-refractivity contribution in [1.82, 2.24) is 9.97 Å². The van der Waals surface area contributed by atoms with Crippen LogP contribution in [0.5, 0.6) is 0 Å². The van der Waals surface area contributed by atoms with E-state index in [2.05, 4.69) is 14.9 Å². The topological polar surface area (TPSA) is 79.5 Å². The zero-order valence-corrected chi connectivity index (χ0v) is 10.9. The quantitative estimate of drug-likeness (QED) is 0.921. The Balaban J connectivity index is 1.75. The van der Waals surface area contributed by atoms with Gasteiger partial charge in [0.2, 0.25) is 0 Å². The Morgan fingerprint density at radius 1 is 1.35 bits per heavy atom. The average molecular weight is 273 g/mol. The third kappa shape index (κ3) is 2.49. The maximum Gasteiger partial charge on any atom is 0.306 e. The zero-order valence-electron chi connectivity index (χ0n) is 10.9. The van der Waals surface area contributed by atoms with E-state index in [0.717, 1.165) is 17.1 Å². The second-order valence-corrected chi connectivity index (χ2v) is 4.87. The van der Waals surface area contributed by atoms with Crippen molar-refractivity contribution in [2.75, 3.05) is 18.0 Å². The van der Waals surface area contributed by atoms with Crippen LogP contribution in [0.3, 0.4) is 0 Å². The number of aliphatic carboxylic acids is 1. The Bertz CT molecular complexity index is 589. The van der Waals surface area contributed by atoms with Gasteiger partial charge in [0.05, 0.1) is 24.1 Å². The molecule has 1 fully saturated rings. The van der Waals surface area contributed by atoms with Crippen LogP contribution >= 0.6 is 0 Å². The molecule has 0 bridgehead atoms. The molecule has 6 nitrogen and oxygen atoms in total. The number of carboxylic acids is 1. The van der Waals surface area contributed by atoms with Crippen LogP contribution in [0.25, 0.3) is 11.3 Å². The van der Waals surface area contributed by atoms with Crippen molar-refractivity contribution in [3.05, 3.63) is 31.0 Å². The lowest BCUT2D eigenvalue weighted by Crippen LogP contribution is -2.36. The monoisotopic (exact) mass is 273 g/mol. The van der Waals surface area contributed by atoms with Gasteiger partial charge in [-0.05, 0) is 18.9 Å². The van der Waals surface area contributed by atoms with Crippen molar-refractivity contribution in [1.29, 1.82) is 0 Å². The third-order valence-corrected chi connectivity index (χ3v) is 3.64. The molecule has 1 aliphatic heterocycles. The predicted octanol–water partition coefficient (Wildman–Crippen LogP) is 2.04. The van der Waals surface area contributed by atoms with Gasteiger partial charge in [-0.15, -0.1) is 0 Å². The SMILES string of the molecule is O=C(O)C1CCN(c2cc(-c3ccoc3)ncn2)CC1. The lowest BCUT2D eigenvalue weighted by molar-refractivity contribution is -0.142. The molecule has 2 aromatic heterocycles. The Morgan fingerprint density at radius 3 is 2.80 bits per heavy atom. The van der Waals surface area contributed by atoms with Crippen molar-refractivity contribution >= 4 is 11.8 Å². The molecular weight excluding hydrogens is 258 g/mol. The van der Waals surface area contributed by atoms with Gasteiger partial charge < -0.3 is 14.4 Å². The molecule has 0 radical (unpaired) electrons. The number of hydrogen-bond acceptors (Lipinski definition) is 5. The Labute approximate surface area is 116 Å². The van der Waals surface area contributed by atoms with Gasteiger partial charge in [-0.25, -0.2) is 9.97 Å². The van der Waals surface area contributed by atoms with Gasteiger partial charge in [-0.1, -0.05) is 0 Å². The molecular formula is C14H15N3O3. The van der Waals surface area contributed by atoms with E-state index in [4.69, 9.17) is 9.52 Å². The highest BCUT2D eigenvalue weighted by molar-refractivity contribution is 5.70. The van der Waals surface area contributed by atoms with Crippen LogP contribution in [0.1, 0.15) is 12.8 Å². The van der Waals surface area contributed by atoms with Crippen LogP contribution in [0.15, 0.2) is 35.4 Å². The summed E-state index contributed by atoms with van der Waals surface area (Å²) < 4.78 is 5.06. The molecule has 2 aromatic rings. The van der Waals surface area contributed by atoms with Gasteiger partial charge in [-0.3, -0.25) is 4.79 Å². The molecule has 0 aromatic carbocycles. The van der Waals surface area contributed by atoms with Crippen LogP contribution in [-0.2, 0) is 4.79 Å². The normalized spacial score (nSPS) is 16.3. The molecule has 0 atom stereocenters. The molecule has 1 N–H and O–H groups in total. The lowest BCUT2D eigenvalue weighted by atomic mass is 9.97. The highest BCUT2D eigenvalue weighted by Crippen LogP contribution is 2.25. The first-order valence-corrected chi connectivity index (χ1v) is 6.56. The van der Waals surface area contributed by atoms with Crippen molar-refractivity contribution in [2.45, 2.75) is 12.8 Å². The van der Waals surface area contributed by atoms with Crippen LogP contribution in [0.4, 0.5) is 5.82 Å². The second kappa shape index (κ2) is 5.32. The van der Waals surface area contributed by atoms with Crippen LogP contribution in [0.2, 0.25) is 0 Å². The molecule has 0 spiro atoms. The van der Waals surface area contributed by atoms with Crippen molar-refractivity contribution < 1.29 is 14.3 Å². The summed E-state index contributed by atoms with van der Waals surface area (Å²) in [6.45, 7) is 1.41. The Morgan fingerprint density at radius 2 is 2.15 bits per heavy atom. The van der Waals surface area contributed by atoms with E-state index in [1.165, 1.54) is 6.33 Å². The molecule has 1 aliphatic rings. The highest BCUT2D eigenvalue weighted by atomic mass is 16.4. The van der Waals surface area contributed by atoms with Gasteiger partial charge in [0, 0.05) is 24.7 Å². The number of hydrogen-bond donors (Lipinski definition) is 1. The van der Waals surface area contributed by atoms with Gasteiger partial charge >= 0.3 is 5.97 Å². The molecule has 0 saturated carbocycles. The summed E-state index contributed by atoms with van der Waals surface area (Å²) in [5.74, 6) is -0.104. The zero-order chi connectivity index (χ0) is 13.9. The number of anilines is 1. The van der Waals surface area contributed by atoms with E-state index in [0.29, 0.717) is 25.9 Å². The molecule has 0 unspecified atom stereocenters. The summed E-state index contributed by atoms with van der Waals surface area (Å²) >= 11 is 0. The van der Waals surface area contributed by atoms with E-state index >= 15 is 0 Å². The molecule has 104 valence electrons. The minimum atomic E-state index is -0.702. The molecule has 6 heteroatoms. The third-order valence-electron chi connectivity index (χ3n) is 3.64. The Kier molecular flexibility index (Phi) is 3.37. The second-order valence-electron chi connectivity index (χ2n) is 4.87. The number of carbonyl (C=O) groups is 1. The van der Waals surface area contributed by atoms with Crippen molar-refractivity contribution in [3.8, 4) is 11.3 Å². The fraction of sp³-hybridized carbons (Fsp3) is 0.357. The highest BCUT2D eigenvalue weighted by Gasteiger charge is 2.25. The number of aromatic nitrogens is 2. The maximum absolute atomic E-state index is 11.0. The van der Waals surface area contributed by atoms with Gasteiger partial charge in [0.25, 0.3) is 0 Å². The summed E-state index contributed by atoms with van der Waals surface area (Å²) in [5, 5.41) is 9.01. The molecule has 20 heavy (non-hydrogen) atoms. The van der Waals surface area contributed by atoms with Gasteiger partial charge in [-0.2, -0.15) is 0 Å². The van der Waals surface area contributed by atoms with E-state index in [1.807, 2.05) is 12.1 Å². The minimum Gasteiger partial charge on any atom is -0.481 e. The predicted molar refractivity (Wildman–Crippen MR) is 72.3 cm³/mol. The number of furan rings is 1. The Hall–Kier alpha value is -2.37. The summed E-state index contributed by atoms with van der Waals surface area (Å²) in [4.78, 5) is 21.6. The lowest BCUT2D eigenvalue weighted by Gasteiger charge is -2.30. The number of carboxylic acid groups (broad SMARTS) is 1. The summed E-state index contributed by atoms with van der Waals surface area (Å²) in [7, 11) is 0. The molecule has 1 saturated heterocycles. The van der Waals surface area contributed by atoms with E-state index in [-0.39, 0.29) is 5.92 Å². The van der Waals surface area contributed by atoms with Crippen LogP contribution in [0, 0.1) is 5.92 Å². The fourth-order valence-electron chi connectivity index (χ4n) is 2.44. The van der Waals surface area contributed by atoms with E-state index < -0.39 is 5.97 Å². The fourth-order valence-corrected chi connectivity index (χ4v) is 2.44. The van der Waals surface area contributed by atoms with Crippen LogP contribution in [-0.4, -0.2) is 34.1 Å². The molecule has 0 amide bonds. The van der Waals surface area contributed by atoms with Crippen molar-refractivity contribution in [3.63, 3.8) is 0 Å². The minimum absolute atomic E-state index is 0.235. The van der Waals surface area contributed by atoms with Gasteiger partial charge in [0.15, 0.2) is 0 Å². The first-order chi connectivity index (χ1) is 9.74. The smallest absolute Gasteiger partial charge is 0.306 e. The molecule has 3 rings (SSSR count). The van der Waals surface area contributed by atoms with E-state index in [9.17, 15) is 4.79 Å². The number of rotatable bonds is 3. The average Bonchev–Trinajstić information content (AvgIpc) is 3.02. The molecule has 0 aliphatic carbocycles. The summed E-state index contributed by atoms with van der Waals surface area (Å²) in [6, 6.07) is 3.76.